The first-order valence-corrected chi connectivity index (χ1v) is 6.19. The highest BCUT2D eigenvalue weighted by Gasteiger charge is 2.29. The van der Waals surface area contributed by atoms with Crippen LogP contribution in [-0.2, 0) is 4.79 Å². The molecule has 1 amide bonds. The molecule has 0 radical (unpaired) electrons. The van der Waals surface area contributed by atoms with Gasteiger partial charge in [-0.05, 0) is 25.0 Å². The molecule has 18 heavy (non-hydrogen) atoms. The highest BCUT2D eigenvalue weighted by atomic mass is 16.5. The first-order chi connectivity index (χ1) is 8.61. The molecule has 0 aromatic heterocycles. The lowest BCUT2D eigenvalue weighted by Crippen LogP contribution is -2.52. The maximum atomic E-state index is 11.8. The van der Waals surface area contributed by atoms with Gasteiger partial charge in [0.05, 0.1) is 0 Å². The number of nitrogens with zero attached hydrogens (tertiary/aromatic N) is 1. The predicted octanol–water partition coefficient (Wildman–Crippen LogP) is 1.13. The van der Waals surface area contributed by atoms with Crippen molar-refractivity contribution in [2.75, 3.05) is 26.3 Å². The number of para-hydroxylation sites is 1. The number of rotatable bonds is 4. The molecule has 98 valence electrons. The minimum absolute atomic E-state index is 0.0117. The number of hydrogen-bond donors (Lipinski definition) is 1. The van der Waals surface area contributed by atoms with E-state index in [0.717, 1.165) is 16.9 Å². The number of carbonyl (C=O) groups excluding carboxylic acids is 1. The van der Waals surface area contributed by atoms with E-state index >= 15 is 0 Å². The zero-order valence-corrected chi connectivity index (χ0v) is 10.8. The van der Waals surface area contributed by atoms with Crippen LogP contribution >= 0.6 is 0 Å². The quantitative estimate of drug-likeness (QED) is 0.870. The minimum atomic E-state index is -0.0117. The van der Waals surface area contributed by atoms with Crippen LogP contribution in [-0.4, -0.2) is 42.2 Å². The zero-order chi connectivity index (χ0) is 13.1. The SMILES string of the molecule is Cc1cccc(C)c1OCC(=O)N1CC(CO)C1. The Kier molecular flexibility index (Phi) is 3.87. The first kappa shape index (κ1) is 12.9. The van der Waals surface area contributed by atoms with Gasteiger partial charge in [0.2, 0.25) is 0 Å². The third kappa shape index (κ3) is 2.64. The molecule has 4 heteroatoms. The van der Waals surface area contributed by atoms with Gasteiger partial charge in [-0.3, -0.25) is 4.79 Å². The van der Waals surface area contributed by atoms with E-state index in [4.69, 9.17) is 9.84 Å². The summed E-state index contributed by atoms with van der Waals surface area (Å²) in [7, 11) is 0. The Hall–Kier alpha value is -1.55. The van der Waals surface area contributed by atoms with Crippen LogP contribution in [0.2, 0.25) is 0 Å². The largest absolute Gasteiger partial charge is 0.483 e. The first-order valence-electron chi connectivity index (χ1n) is 6.19. The number of benzene rings is 1. The molecule has 0 aliphatic carbocycles. The van der Waals surface area contributed by atoms with E-state index in [1.54, 1.807) is 4.90 Å². The minimum Gasteiger partial charge on any atom is -0.483 e. The number of aliphatic hydroxyl groups is 1. The van der Waals surface area contributed by atoms with Crippen molar-refractivity contribution in [3.8, 4) is 5.75 Å². The van der Waals surface area contributed by atoms with Crippen LogP contribution in [0.3, 0.4) is 0 Å². The van der Waals surface area contributed by atoms with E-state index in [1.165, 1.54) is 0 Å². The Balaban J connectivity index is 1.87. The molecule has 1 aromatic carbocycles. The summed E-state index contributed by atoms with van der Waals surface area (Å²) in [5.74, 6) is 1.03. The van der Waals surface area contributed by atoms with Crippen LogP contribution in [0.15, 0.2) is 18.2 Å². The summed E-state index contributed by atoms with van der Waals surface area (Å²) in [6, 6.07) is 5.91. The van der Waals surface area contributed by atoms with E-state index in [9.17, 15) is 4.79 Å². The monoisotopic (exact) mass is 249 g/mol. The number of carbonyl (C=O) groups is 1. The van der Waals surface area contributed by atoms with Crippen LogP contribution in [0.25, 0.3) is 0 Å². The van der Waals surface area contributed by atoms with Crippen LogP contribution in [0, 0.1) is 19.8 Å². The predicted molar refractivity (Wildman–Crippen MR) is 68.6 cm³/mol. The lowest BCUT2D eigenvalue weighted by molar-refractivity contribution is -0.140. The Morgan fingerprint density at radius 1 is 1.39 bits per heavy atom. The van der Waals surface area contributed by atoms with Crippen LogP contribution in [0.1, 0.15) is 11.1 Å². The molecule has 1 N–H and O–H groups in total. The summed E-state index contributed by atoms with van der Waals surface area (Å²) in [6.07, 6.45) is 0. The number of amides is 1. The molecule has 1 aliphatic rings. The van der Waals surface area contributed by atoms with Crippen LogP contribution in [0.4, 0.5) is 0 Å². The molecular weight excluding hydrogens is 230 g/mol. The van der Waals surface area contributed by atoms with Gasteiger partial charge in [-0.25, -0.2) is 0 Å². The Morgan fingerprint density at radius 2 is 2.00 bits per heavy atom. The van der Waals surface area contributed by atoms with Gasteiger partial charge in [0, 0.05) is 25.6 Å². The topological polar surface area (TPSA) is 49.8 Å². The number of hydrogen-bond acceptors (Lipinski definition) is 3. The fraction of sp³-hybridized carbons (Fsp3) is 0.500. The maximum absolute atomic E-state index is 11.8. The summed E-state index contributed by atoms with van der Waals surface area (Å²) < 4.78 is 5.60. The average Bonchev–Trinajstić information content (AvgIpc) is 2.27. The summed E-state index contributed by atoms with van der Waals surface area (Å²) in [5, 5.41) is 8.90. The fourth-order valence-electron chi connectivity index (χ4n) is 2.14. The van der Waals surface area contributed by atoms with E-state index in [2.05, 4.69) is 0 Å². The van der Waals surface area contributed by atoms with Crippen molar-refractivity contribution < 1.29 is 14.6 Å². The van der Waals surface area contributed by atoms with Crippen molar-refractivity contribution in [2.45, 2.75) is 13.8 Å². The van der Waals surface area contributed by atoms with Gasteiger partial charge in [0.1, 0.15) is 5.75 Å². The second kappa shape index (κ2) is 5.40. The van der Waals surface area contributed by atoms with Gasteiger partial charge in [0.25, 0.3) is 5.91 Å². The van der Waals surface area contributed by atoms with E-state index in [0.29, 0.717) is 13.1 Å². The van der Waals surface area contributed by atoms with Crippen molar-refractivity contribution in [3.05, 3.63) is 29.3 Å². The highest BCUT2D eigenvalue weighted by Crippen LogP contribution is 2.22. The molecule has 4 nitrogen and oxygen atoms in total. The van der Waals surface area contributed by atoms with Crippen molar-refractivity contribution >= 4 is 5.91 Å². The molecule has 2 rings (SSSR count). The second-order valence-corrected chi connectivity index (χ2v) is 4.86. The van der Waals surface area contributed by atoms with Gasteiger partial charge in [0.15, 0.2) is 6.61 Å². The molecule has 0 atom stereocenters. The molecule has 0 spiro atoms. The Morgan fingerprint density at radius 3 is 2.56 bits per heavy atom. The molecule has 1 saturated heterocycles. The molecular formula is C14H19NO3. The lowest BCUT2D eigenvalue weighted by atomic mass is 10.0. The average molecular weight is 249 g/mol. The Labute approximate surface area is 107 Å². The normalized spacial score (nSPS) is 15.4. The van der Waals surface area contributed by atoms with E-state index < -0.39 is 0 Å². The number of aryl methyl sites for hydroxylation is 2. The molecule has 0 bridgehead atoms. The molecule has 0 saturated carbocycles. The van der Waals surface area contributed by atoms with Crippen molar-refractivity contribution in [1.82, 2.24) is 4.90 Å². The van der Waals surface area contributed by atoms with Gasteiger partial charge in [-0.2, -0.15) is 0 Å². The van der Waals surface area contributed by atoms with Crippen LogP contribution in [0.5, 0.6) is 5.75 Å². The van der Waals surface area contributed by atoms with Gasteiger partial charge < -0.3 is 14.7 Å². The molecule has 1 aliphatic heterocycles. The number of aliphatic hydroxyl groups excluding tert-OH is 1. The third-order valence-electron chi connectivity index (χ3n) is 3.32. The maximum Gasteiger partial charge on any atom is 0.260 e. The van der Waals surface area contributed by atoms with Gasteiger partial charge >= 0.3 is 0 Å². The fourth-order valence-corrected chi connectivity index (χ4v) is 2.14. The summed E-state index contributed by atoms with van der Waals surface area (Å²) >= 11 is 0. The number of ether oxygens (including phenoxy) is 1. The molecule has 1 heterocycles. The van der Waals surface area contributed by atoms with Crippen molar-refractivity contribution in [2.24, 2.45) is 5.92 Å². The molecule has 1 aromatic rings. The summed E-state index contributed by atoms with van der Waals surface area (Å²) in [4.78, 5) is 13.5. The van der Waals surface area contributed by atoms with Gasteiger partial charge in [-0.1, -0.05) is 18.2 Å². The highest BCUT2D eigenvalue weighted by molar-refractivity contribution is 5.78. The number of likely N-dealkylation sites (tertiary alicyclic amines) is 1. The van der Waals surface area contributed by atoms with Gasteiger partial charge in [-0.15, -0.1) is 0 Å². The van der Waals surface area contributed by atoms with Crippen molar-refractivity contribution in [3.63, 3.8) is 0 Å². The third-order valence-corrected chi connectivity index (χ3v) is 3.32. The van der Waals surface area contributed by atoms with Crippen molar-refractivity contribution in [1.29, 1.82) is 0 Å². The zero-order valence-electron chi connectivity index (χ0n) is 10.8. The van der Waals surface area contributed by atoms with E-state index in [-0.39, 0.29) is 25.0 Å². The molecule has 1 fully saturated rings. The Bertz CT molecular complexity index is 418. The molecule has 0 unspecified atom stereocenters. The summed E-state index contributed by atoms with van der Waals surface area (Å²) in [6.45, 7) is 5.46. The van der Waals surface area contributed by atoms with Crippen LogP contribution < -0.4 is 4.74 Å². The summed E-state index contributed by atoms with van der Waals surface area (Å²) in [5.41, 5.74) is 2.08. The lowest BCUT2D eigenvalue weighted by Gasteiger charge is -2.38. The smallest absolute Gasteiger partial charge is 0.260 e. The second-order valence-electron chi connectivity index (χ2n) is 4.86. The van der Waals surface area contributed by atoms with E-state index in [1.807, 2.05) is 32.0 Å². The standard InChI is InChI=1S/C14H19NO3/c1-10-4-3-5-11(2)14(10)18-9-13(17)15-6-12(7-15)8-16/h3-5,12,16H,6-9H2,1-2H3.